The van der Waals surface area contributed by atoms with Crippen LogP contribution < -0.4 is 9.47 Å². The molecule has 2 spiro atoms. The second-order valence-corrected chi connectivity index (χ2v) is 19.2. The van der Waals surface area contributed by atoms with E-state index in [1.165, 1.54) is 0 Å². The lowest BCUT2D eigenvalue weighted by atomic mass is 9.71. The van der Waals surface area contributed by atoms with Crippen molar-refractivity contribution in [3.8, 4) is 11.5 Å². The fraction of sp³-hybridized carbons (Fsp3) is 0.545. The molecule has 0 amide bonds. The minimum atomic E-state index is -2.09. The monoisotopic (exact) mass is 650 g/mol. The van der Waals surface area contributed by atoms with Crippen molar-refractivity contribution in [2.45, 2.75) is 143 Å². The maximum atomic E-state index is 12.6. The summed E-state index contributed by atoms with van der Waals surface area (Å²) in [5, 5.41) is 25.2. The van der Waals surface area contributed by atoms with E-state index in [9.17, 15) is 13.0 Å². The Bertz CT molecular complexity index is 1800. The highest BCUT2D eigenvalue weighted by Gasteiger charge is 2.52. The minimum absolute atomic E-state index is 0.199. The minimum Gasteiger partial charge on any atom is -0.479 e. The highest BCUT2D eigenvalue weighted by atomic mass is 16.5. The molecule has 4 atom stereocenters. The van der Waals surface area contributed by atoms with Crippen LogP contribution >= 0.6 is 0 Å². The number of aliphatic hydroxyl groups is 2. The molecule has 2 aromatic carbocycles. The number of allylic oxidation sites excluding steroid dienone is 4. The lowest BCUT2D eigenvalue weighted by Crippen LogP contribution is -2.49. The Morgan fingerprint density at radius 2 is 0.896 bits per heavy atom. The smallest absolute Gasteiger partial charge is 0.161 e. The quantitative estimate of drug-likeness (QED) is 0.299. The van der Waals surface area contributed by atoms with Gasteiger partial charge in [0.2, 0.25) is 0 Å². The first kappa shape index (κ1) is 30.9. The Labute approximate surface area is 291 Å². The SMILES string of the molecule is [2H][C@]1(O)C2=CC(C(C)(C)C)=C[C@]13Cc1cc(C(C)(C)C)cc(c1O3)CC1=CC(C(C)(C)C)=C[C@@]3(Cc4cc(C(C)(C)C)cc(c4O3)C2)[C@]1([2H])O. The Kier molecular flexibility index (Phi) is 6.60. The zero-order chi connectivity index (χ0) is 36.8. The van der Waals surface area contributed by atoms with Crippen LogP contribution in [0.4, 0.5) is 0 Å². The van der Waals surface area contributed by atoms with E-state index in [2.05, 4.69) is 107 Å². The zero-order valence-corrected chi connectivity index (χ0v) is 31.2. The van der Waals surface area contributed by atoms with E-state index in [0.29, 0.717) is 35.5 Å². The normalized spacial score (nSPS) is 31.7. The number of hydrogen-bond acceptors (Lipinski definition) is 4. The molecule has 7 rings (SSSR count). The predicted octanol–water partition coefficient (Wildman–Crippen LogP) is 8.97. The lowest BCUT2D eigenvalue weighted by Gasteiger charge is -2.40. The summed E-state index contributed by atoms with van der Waals surface area (Å²) < 4.78 is 33.8. The van der Waals surface area contributed by atoms with Gasteiger partial charge in [-0.15, -0.1) is 0 Å². The van der Waals surface area contributed by atoms with Crippen LogP contribution in [0.25, 0.3) is 0 Å². The third kappa shape index (κ3) is 5.33. The van der Waals surface area contributed by atoms with Crippen LogP contribution in [-0.4, -0.2) is 33.6 Å². The standard InChI is InChI=1S/C44H56O4/c1-39(2,3)31-15-25-13-27-17-33(41(7,8)9)24-44(37(27)45)22-30-20-32(40(4,5)6)16-26(36(30)48-44)14-28-18-34(42(10,11)12)23-43(38(28)46)21-29(19-31)35(25)47-43/h15-20,23-24,37-38,45-46H,13-14,21-22H2,1-12H3/t37-,38+,43-,44+/i37D,38D. The zero-order valence-electron chi connectivity index (χ0n) is 33.2. The average molecular weight is 651 g/mol. The molecular formula is C44H56O4. The fourth-order valence-electron chi connectivity index (χ4n) is 7.91. The first-order valence-electron chi connectivity index (χ1n) is 18.7. The van der Waals surface area contributed by atoms with Gasteiger partial charge in [-0.05, 0) is 89.5 Å². The molecule has 2 N–H and O–H groups in total. The molecule has 3 aliphatic heterocycles. The van der Waals surface area contributed by atoms with E-state index in [0.717, 1.165) is 44.5 Å². The van der Waals surface area contributed by atoms with Gasteiger partial charge >= 0.3 is 0 Å². The van der Waals surface area contributed by atoms with E-state index in [1.54, 1.807) is 0 Å². The van der Waals surface area contributed by atoms with E-state index in [1.807, 2.05) is 24.3 Å². The lowest BCUT2D eigenvalue weighted by molar-refractivity contribution is 0.00717. The number of ether oxygens (including phenoxy) is 2. The molecule has 2 aromatic rings. The van der Waals surface area contributed by atoms with Gasteiger partial charge in [0.25, 0.3) is 0 Å². The first-order valence-corrected chi connectivity index (χ1v) is 17.7. The fourth-order valence-corrected chi connectivity index (χ4v) is 7.91. The Balaban J connectivity index is 1.57. The third-order valence-electron chi connectivity index (χ3n) is 11.0. The molecule has 2 aliphatic carbocycles. The molecule has 0 unspecified atom stereocenters. The molecule has 0 aromatic heterocycles. The van der Waals surface area contributed by atoms with Crippen LogP contribution in [0.1, 0.15) is 119 Å². The van der Waals surface area contributed by atoms with Crippen molar-refractivity contribution in [3.63, 3.8) is 0 Å². The van der Waals surface area contributed by atoms with E-state index < -0.39 is 23.4 Å². The van der Waals surface area contributed by atoms with Crippen molar-refractivity contribution in [1.29, 1.82) is 0 Å². The van der Waals surface area contributed by atoms with Crippen molar-refractivity contribution < 1.29 is 22.4 Å². The van der Waals surface area contributed by atoms with Crippen molar-refractivity contribution in [3.05, 3.63) is 104 Å². The summed E-state index contributed by atoms with van der Waals surface area (Å²) in [7, 11) is 0. The molecule has 256 valence electrons. The largest absolute Gasteiger partial charge is 0.479 e. The Morgan fingerprint density at radius 3 is 1.21 bits per heavy atom. The number of fused-ring (bicyclic) bond motifs is 2. The molecule has 0 saturated heterocycles. The molecule has 4 nitrogen and oxygen atoms in total. The van der Waals surface area contributed by atoms with Gasteiger partial charge < -0.3 is 19.7 Å². The Morgan fingerprint density at radius 1 is 0.562 bits per heavy atom. The molecule has 48 heavy (non-hydrogen) atoms. The van der Waals surface area contributed by atoms with Crippen LogP contribution in [0.5, 0.6) is 11.5 Å². The van der Waals surface area contributed by atoms with Crippen LogP contribution in [0.2, 0.25) is 0 Å². The summed E-state index contributed by atoms with van der Waals surface area (Å²) in [5.41, 5.74) is 5.18. The Hall–Kier alpha value is -3.08. The molecule has 4 heteroatoms. The van der Waals surface area contributed by atoms with Gasteiger partial charge in [0, 0.05) is 25.7 Å². The summed E-state index contributed by atoms with van der Waals surface area (Å²) in [6, 6.07) is 8.61. The van der Waals surface area contributed by atoms with Crippen LogP contribution in [0, 0.1) is 10.8 Å². The van der Waals surface area contributed by atoms with Gasteiger partial charge in [-0.2, -0.15) is 0 Å². The maximum Gasteiger partial charge on any atom is 0.161 e. The second kappa shape index (κ2) is 10.2. The molecule has 0 saturated carbocycles. The van der Waals surface area contributed by atoms with Crippen molar-refractivity contribution in [1.82, 2.24) is 0 Å². The maximum absolute atomic E-state index is 12.6. The predicted molar refractivity (Wildman–Crippen MR) is 195 cm³/mol. The summed E-state index contributed by atoms with van der Waals surface area (Å²) >= 11 is 0. The van der Waals surface area contributed by atoms with Crippen LogP contribution in [0.15, 0.2) is 70.9 Å². The number of hydrogen-bond donors (Lipinski definition) is 2. The third-order valence-corrected chi connectivity index (χ3v) is 11.0. The van der Waals surface area contributed by atoms with Crippen molar-refractivity contribution >= 4 is 0 Å². The highest BCUT2D eigenvalue weighted by Crippen LogP contribution is 2.53. The summed E-state index contributed by atoms with van der Waals surface area (Å²) in [6.45, 7) is 26.0. The van der Waals surface area contributed by atoms with Gasteiger partial charge in [0.05, 0.1) is 2.74 Å². The topological polar surface area (TPSA) is 58.9 Å². The summed E-state index contributed by atoms with van der Waals surface area (Å²) in [5.74, 6) is 1.26. The molecular weight excluding hydrogens is 592 g/mol. The molecule has 0 fully saturated rings. The molecule has 6 bridgehead atoms. The van der Waals surface area contributed by atoms with Crippen LogP contribution in [-0.2, 0) is 36.5 Å². The van der Waals surface area contributed by atoms with E-state index in [4.69, 9.17) is 9.47 Å². The van der Waals surface area contributed by atoms with Crippen molar-refractivity contribution in [2.75, 3.05) is 0 Å². The number of benzene rings is 2. The van der Waals surface area contributed by atoms with E-state index >= 15 is 0 Å². The average Bonchev–Trinajstić information content (AvgIpc) is 3.51. The van der Waals surface area contributed by atoms with Gasteiger partial charge in [0.1, 0.15) is 23.7 Å². The molecule has 5 aliphatic rings. The summed E-state index contributed by atoms with van der Waals surface area (Å²) in [6.07, 6.45) is 4.98. The number of rotatable bonds is 0. The molecule has 0 radical (unpaired) electrons. The van der Waals surface area contributed by atoms with Gasteiger partial charge in [0.15, 0.2) is 11.2 Å². The first-order chi connectivity index (χ1) is 22.7. The molecule has 3 heterocycles. The van der Waals surface area contributed by atoms with Gasteiger partial charge in [-0.3, -0.25) is 0 Å². The highest BCUT2D eigenvalue weighted by molar-refractivity contribution is 5.60. The van der Waals surface area contributed by atoms with Gasteiger partial charge in [-0.1, -0.05) is 120 Å². The second-order valence-electron chi connectivity index (χ2n) is 19.2. The van der Waals surface area contributed by atoms with Crippen molar-refractivity contribution in [2.24, 2.45) is 10.8 Å². The van der Waals surface area contributed by atoms with Gasteiger partial charge in [-0.25, -0.2) is 0 Å². The van der Waals surface area contributed by atoms with Crippen LogP contribution in [0.3, 0.4) is 0 Å². The van der Waals surface area contributed by atoms with E-state index in [-0.39, 0.29) is 34.5 Å². The summed E-state index contributed by atoms with van der Waals surface area (Å²) in [4.78, 5) is 0.